The number of nitrogens with zero attached hydrogens (tertiary/aromatic N) is 1. The summed E-state index contributed by atoms with van der Waals surface area (Å²) >= 11 is 1.34. The van der Waals surface area contributed by atoms with Crippen LogP contribution in [0.4, 0.5) is 5.69 Å². The predicted octanol–water partition coefficient (Wildman–Crippen LogP) is 1.76. The Morgan fingerprint density at radius 3 is 3.00 bits per heavy atom. The van der Waals surface area contributed by atoms with Gasteiger partial charge in [-0.1, -0.05) is 12.1 Å². The van der Waals surface area contributed by atoms with Crippen LogP contribution in [0.5, 0.6) is 0 Å². The average Bonchev–Trinajstić information content (AvgIpc) is 2.04. The van der Waals surface area contributed by atoms with Gasteiger partial charge in [0.1, 0.15) is 0 Å². The number of carbonyl (C=O) groups is 1. The summed E-state index contributed by atoms with van der Waals surface area (Å²) in [5.41, 5.74) is 1.15. The Kier molecular flexibility index (Phi) is 1.81. The van der Waals surface area contributed by atoms with Crippen molar-refractivity contribution in [2.75, 3.05) is 18.5 Å². The Morgan fingerprint density at radius 1 is 1.42 bits per heavy atom. The van der Waals surface area contributed by atoms with Crippen molar-refractivity contribution in [2.45, 2.75) is 4.90 Å². The van der Waals surface area contributed by atoms with E-state index in [4.69, 9.17) is 0 Å². The minimum Gasteiger partial charge on any atom is -0.365 e. The van der Waals surface area contributed by atoms with Gasteiger partial charge >= 0.3 is 0 Å². The van der Waals surface area contributed by atoms with Crippen LogP contribution >= 0.6 is 11.8 Å². The second-order valence-electron chi connectivity index (χ2n) is 2.80. The summed E-state index contributed by atoms with van der Waals surface area (Å²) in [6.45, 7) is 0.516. The van der Waals surface area contributed by atoms with E-state index in [0.717, 1.165) is 10.6 Å². The Hall–Kier alpha value is -0.960. The third-order valence-corrected chi connectivity index (χ3v) is 2.79. The van der Waals surface area contributed by atoms with Gasteiger partial charge in [0.15, 0.2) is 0 Å². The van der Waals surface area contributed by atoms with Gasteiger partial charge in [-0.05, 0) is 23.9 Å². The van der Waals surface area contributed by atoms with Crippen LogP contribution in [0.2, 0.25) is 0 Å². The topological polar surface area (TPSA) is 20.3 Å². The normalized spacial score (nSPS) is 16.1. The summed E-state index contributed by atoms with van der Waals surface area (Å²) in [4.78, 5) is 14.2. The van der Waals surface area contributed by atoms with Crippen molar-refractivity contribution in [3.63, 3.8) is 0 Å². The molecule has 0 saturated heterocycles. The smallest absolute Gasteiger partial charge is 0.213 e. The highest BCUT2D eigenvalue weighted by Crippen LogP contribution is 2.33. The molecule has 2 rings (SSSR count). The van der Waals surface area contributed by atoms with Crippen molar-refractivity contribution in [1.82, 2.24) is 0 Å². The van der Waals surface area contributed by atoms with Gasteiger partial charge in [0.25, 0.3) is 0 Å². The standard InChI is InChI=1S/C9H9NOS/c1-10-6-9(11)12-8-5-3-2-4-7(8)10/h2-5H,6H2,1H3. The second kappa shape index (κ2) is 2.83. The van der Waals surface area contributed by atoms with Crippen LogP contribution < -0.4 is 4.90 Å². The van der Waals surface area contributed by atoms with Gasteiger partial charge in [-0.15, -0.1) is 0 Å². The summed E-state index contributed by atoms with van der Waals surface area (Å²) in [5, 5.41) is 0.219. The van der Waals surface area contributed by atoms with E-state index in [1.54, 1.807) is 0 Å². The average molecular weight is 179 g/mol. The highest BCUT2D eigenvalue weighted by Gasteiger charge is 2.19. The molecular weight excluding hydrogens is 170 g/mol. The lowest BCUT2D eigenvalue weighted by Gasteiger charge is -2.25. The van der Waals surface area contributed by atoms with E-state index in [9.17, 15) is 4.79 Å². The van der Waals surface area contributed by atoms with Crippen molar-refractivity contribution in [3.8, 4) is 0 Å². The molecule has 0 atom stereocenters. The molecule has 1 aromatic carbocycles. The van der Waals surface area contributed by atoms with Crippen LogP contribution in [-0.2, 0) is 4.79 Å². The zero-order valence-corrected chi connectivity index (χ0v) is 7.60. The summed E-state index contributed by atoms with van der Waals surface area (Å²) in [6.07, 6.45) is 0. The molecule has 0 N–H and O–H groups in total. The van der Waals surface area contributed by atoms with Gasteiger partial charge in [-0.2, -0.15) is 0 Å². The number of carbonyl (C=O) groups excluding carboxylic acids is 1. The Balaban J connectivity index is 2.47. The van der Waals surface area contributed by atoms with Crippen LogP contribution in [0, 0.1) is 0 Å². The molecular formula is C9H9NOS. The minimum atomic E-state index is 0.219. The summed E-state index contributed by atoms with van der Waals surface area (Å²) in [7, 11) is 1.94. The fourth-order valence-electron chi connectivity index (χ4n) is 1.29. The van der Waals surface area contributed by atoms with Crippen molar-refractivity contribution in [1.29, 1.82) is 0 Å². The van der Waals surface area contributed by atoms with Crippen LogP contribution in [0.1, 0.15) is 0 Å². The van der Waals surface area contributed by atoms with E-state index in [1.807, 2.05) is 36.2 Å². The van der Waals surface area contributed by atoms with Crippen LogP contribution in [0.15, 0.2) is 29.2 Å². The summed E-state index contributed by atoms with van der Waals surface area (Å²) in [5.74, 6) is 0. The molecule has 1 heterocycles. The van der Waals surface area contributed by atoms with Gasteiger partial charge in [-0.3, -0.25) is 4.79 Å². The molecule has 1 aromatic rings. The highest BCUT2D eigenvalue weighted by atomic mass is 32.2. The van der Waals surface area contributed by atoms with Crippen molar-refractivity contribution in [3.05, 3.63) is 24.3 Å². The lowest BCUT2D eigenvalue weighted by atomic mass is 10.3. The SMILES string of the molecule is CN1CC(=O)Sc2ccccc21. The summed E-state index contributed by atoms with van der Waals surface area (Å²) in [6, 6.07) is 7.96. The summed E-state index contributed by atoms with van der Waals surface area (Å²) < 4.78 is 0. The number of hydrogen-bond acceptors (Lipinski definition) is 3. The zero-order chi connectivity index (χ0) is 8.55. The van der Waals surface area contributed by atoms with Crippen molar-refractivity contribution >= 4 is 22.6 Å². The van der Waals surface area contributed by atoms with Gasteiger partial charge in [0.2, 0.25) is 5.12 Å². The van der Waals surface area contributed by atoms with E-state index in [2.05, 4.69) is 0 Å². The molecule has 1 aliphatic rings. The maximum Gasteiger partial charge on any atom is 0.213 e. The third kappa shape index (κ3) is 1.20. The van der Waals surface area contributed by atoms with E-state index in [-0.39, 0.29) is 5.12 Å². The molecule has 0 aliphatic carbocycles. The van der Waals surface area contributed by atoms with E-state index in [1.165, 1.54) is 11.8 Å². The molecule has 3 heteroatoms. The fraction of sp³-hybridized carbons (Fsp3) is 0.222. The number of hydrogen-bond donors (Lipinski definition) is 0. The number of rotatable bonds is 0. The molecule has 0 fully saturated rings. The number of fused-ring (bicyclic) bond motifs is 1. The quantitative estimate of drug-likeness (QED) is 0.605. The monoisotopic (exact) mass is 179 g/mol. The number of benzene rings is 1. The predicted molar refractivity (Wildman–Crippen MR) is 50.6 cm³/mol. The van der Waals surface area contributed by atoms with E-state index < -0.39 is 0 Å². The van der Waals surface area contributed by atoms with Crippen molar-refractivity contribution in [2.24, 2.45) is 0 Å². The minimum absolute atomic E-state index is 0.219. The molecule has 0 bridgehead atoms. The first-order valence-corrected chi connectivity index (χ1v) is 4.60. The second-order valence-corrected chi connectivity index (χ2v) is 3.90. The molecule has 12 heavy (non-hydrogen) atoms. The van der Waals surface area contributed by atoms with Gasteiger partial charge < -0.3 is 4.90 Å². The number of para-hydroxylation sites is 1. The highest BCUT2D eigenvalue weighted by molar-refractivity contribution is 8.14. The lowest BCUT2D eigenvalue weighted by molar-refractivity contribution is -0.109. The van der Waals surface area contributed by atoms with Crippen LogP contribution in [-0.4, -0.2) is 18.7 Å². The first-order valence-electron chi connectivity index (χ1n) is 3.78. The molecule has 0 radical (unpaired) electrons. The van der Waals surface area contributed by atoms with Gasteiger partial charge in [0, 0.05) is 11.9 Å². The molecule has 0 spiro atoms. The molecule has 0 amide bonds. The molecule has 0 saturated carbocycles. The Morgan fingerprint density at radius 2 is 2.17 bits per heavy atom. The fourth-order valence-corrected chi connectivity index (χ4v) is 2.27. The third-order valence-electron chi connectivity index (χ3n) is 1.87. The molecule has 1 aliphatic heterocycles. The number of likely N-dealkylation sites (N-methyl/N-ethyl adjacent to an activating group) is 1. The first kappa shape index (κ1) is 7.68. The maximum absolute atomic E-state index is 11.2. The number of thioether (sulfide) groups is 1. The van der Waals surface area contributed by atoms with E-state index >= 15 is 0 Å². The first-order chi connectivity index (χ1) is 5.77. The Labute approximate surface area is 75.6 Å². The van der Waals surface area contributed by atoms with Gasteiger partial charge in [-0.25, -0.2) is 0 Å². The molecule has 62 valence electrons. The Bertz CT molecular complexity index is 324. The molecule has 0 unspecified atom stereocenters. The van der Waals surface area contributed by atoms with Crippen LogP contribution in [0.3, 0.4) is 0 Å². The van der Waals surface area contributed by atoms with Crippen LogP contribution in [0.25, 0.3) is 0 Å². The van der Waals surface area contributed by atoms with Crippen molar-refractivity contribution < 1.29 is 4.79 Å². The largest absolute Gasteiger partial charge is 0.365 e. The van der Waals surface area contributed by atoms with Gasteiger partial charge in [0.05, 0.1) is 12.2 Å². The molecule has 0 aromatic heterocycles. The van der Waals surface area contributed by atoms with E-state index in [0.29, 0.717) is 6.54 Å². The molecule has 2 nitrogen and oxygen atoms in total. The zero-order valence-electron chi connectivity index (χ0n) is 6.78. The maximum atomic E-state index is 11.2. The number of anilines is 1. The lowest BCUT2D eigenvalue weighted by Crippen LogP contribution is -2.27.